The highest BCUT2D eigenvalue weighted by atomic mass is 32.2. The quantitative estimate of drug-likeness (QED) is 0.709. The van der Waals surface area contributed by atoms with Crippen LogP contribution >= 0.6 is 0 Å². The summed E-state index contributed by atoms with van der Waals surface area (Å²) in [5, 5.41) is 0. The predicted octanol–water partition coefficient (Wildman–Crippen LogP) is 3.06. The lowest BCUT2D eigenvalue weighted by Crippen LogP contribution is -2.05. The summed E-state index contributed by atoms with van der Waals surface area (Å²) < 4.78 is 63.8. The van der Waals surface area contributed by atoms with E-state index in [0.717, 1.165) is 18.5 Å². The van der Waals surface area contributed by atoms with E-state index in [2.05, 4.69) is 9.97 Å². The van der Waals surface area contributed by atoms with Gasteiger partial charge in [0.05, 0.1) is 10.5 Å². The maximum atomic E-state index is 12.8. The first-order chi connectivity index (χ1) is 11.1. The molecule has 0 atom stereocenters. The van der Waals surface area contributed by atoms with Crippen LogP contribution in [0.2, 0.25) is 0 Å². The van der Waals surface area contributed by atoms with Crippen molar-refractivity contribution in [2.75, 3.05) is 6.26 Å². The average molecular weight is 355 g/mol. The Bertz CT molecular complexity index is 1040. The van der Waals surface area contributed by atoms with E-state index >= 15 is 0 Å². The number of rotatable bonds is 2. The standard InChI is InChI=1S/C15H12F3N3O2S/c1-21-13(10-5-3-4-6-12(10)24(2,22)23)20-11-7-9(15(16,17)18)8-19-14(11)21/h3-8H,1-2H3. The molecule has 0 spiro atoms. The maximum absolute atomic E-state index is 12.8. The van der Waals surface area contributed by atoms with E-state index in [9.17, 15) is 21.6 Å². The summed E-state index contributed by atoms with van der Waals surface area (Å²) in [4.78, 5) is 8.04. The van der Waals surface area contributed by atoms with Crippen molar-refractivity contribution in [1.82, 2.24) is 14.5 Å². The number of pyridine rings is 1. The van der Waals surface area contributed by atoms with E-state index < -0.39 is 21.6 Å². The fraction of sp³-hybridized carbons (Fsp3) is 0.200. The van der Waals surface area contributed by atoms with Gasteiger partial charge in [-0.15, -0.1) is 0 Å². The molecule has 0 saturated carbocycles. The van der Waals surface area contributed by atoms with Gasteiger partial charge in [0.15, 0.2) is 15.5 Å². The second kappa shape index (κ2) is 5.30. The molecular weight excluding hydrogens is 343 g/mol. The van der Waals surface area contributed by atoms with Crippen LogP contribution in [-0.4, -0.2) is 29.2 Å². The van der Waals surface area contributed by atoms with Gasteiger partial charge >= 0.3 is 6.18 Å². The zero-order valence-corrected chi connectivity index (χ0v) is 13.5. The molecule has 3 aromatic rings. The highest BCUT2D eigenvalue weighted by molar-refractivity contribution is 7.90. The highest BCUT2D eigenvalue weighted by Crippen LogP contribution is 2.32. The molecule has 5 nitrogen and oxygen atoms in total. The summed E-state index contributed by atoms with van der Waals surface area (Å²) in [5.74, 6) is 0.234. The lowest BCUT2D eigenvalue weighted by molar-refractivity contribution is -0.137. The number of benzene rings is 1. The molecule has 0 N–H and O–H groups in total. The van der Waals surface area contributed by atoms with E-state index in [1.807, 2.05) is 0 Å². The summed E-state index contributed by atoms with van der Waals surface area (Å²) in [5.41, 5.74) is -0.308. The first-order valence-corrected chi connectivity index (χ1v) is 8.67. The number of imidazole rings is 1. The summed E-state index contributed by atoms with van der Waals surface area (Å²) in [6, 6.07) is 7.09. The van der Waals surface area contributed by atoms with Gasteiger partial charge in [0, 0.05) is 25.1 Å². The zero-order valence-electron chi connectivity index (χ0n) is 12.7. The summed E-state index contributed by atoms with van der Waals surface area (Å²) in [6.07, 6.45) is -2.73. The molecule has 9 heteroatoms. The minimum Gasteiger partial charge on any atom is -0.312 e. The molecule has 1 aromatic carbocycles. The van der Waals surface area contributed by atoms with E-state index in [4.69, 9.17) is 0 Å². The molecule has 126 valence electrons. The number of aromatic nitrogens is 3. The van der Waals surface area contributed by atoms with Crippen molar-refractivity contribution in [3.63, 3.8) is 0 Å². The third-order valence-corrected chi connectivity index (χ3v) is 4.72. The van der Waals surface area contributed by atoms with E-state index in [1.54, 1.807) is 25.2 Å². The predicted molar refractivity (Wildman–Crippen MR) is 82.1 cm³/mol. The van der Waals surface area contributed by atoms with Crippen LogP contribution < -0.4 is 0 Å². The number of halogens is 3. The summed E-state index contributed by atoms with van der Waals surface area (Å²) >= 11 is 0. The maximum Gasteiger partial charge on any atom is 0.417 e. The lowest BCUT2D eigenvalue weighted by atomic mass is 10.2. The molecular formula is C15H12F3N3O2S. The highest BCUT2D eigenvalue weighted by Gasteiger charge is 2.32. The first kappa shape index (κ1) is 16.4. The zero-order chi connectivity index (χ0) is 17.7. The summed E-state index contributed by atoms with van der Waals surface area (Å²) in [7, 11) is -1.95. The number of sulfone groups is 1. The van der Waals surface area contributed by atoms with E-state index in [1.165, 1.54) is 10.6 Å². The van der Waals surface area contributed by atoms with Crippen molar-refractivity contribution < 1.29 is 21.6 Å². The smallest absolute Gasteiger partial charge is 0.312 e. The van der Waals surface area contributed by atoms with Crippen LogP contribution in [0, 0.1) is 0 Å². The van der Waals surface area contributed by atoms with E-state index in [0.29, 0.717) is 5.56 Å². The number of hydrogen-bond donors (Lipinski definition) is 0. The molecule has 0 aliphatic rings. The third-order valence-electron chi connectivity index (χ3n) is 3.56. The Hall–Kier alpha value is -2.42. The minimum atomic E-state index is -4.52. The second-order valence-corrected chi connectivity index (χ2v) is 7.31. The van der Waals surface area contributed by atoms with Gasteiger partial charge in [-0.05, 0) is 18.2 Å². The molecule has 0 aliphatic carbocycles. The monoisotopic (exact) mass is 355 g/mol. The molecule has 2 heterocycles. The Morgan fingerprint density at radius 2 is 1.83 bits per heavy atom. The van der Waals surface area contributed by atoms with E-state index in [-0.39, 0.29) is 21.9 Å². The Labute approximate surface area is 135 Å². The number of aryl methyl sites for hydroxylation is 1. The number of fused-ring (bicyclic) bond motifs is 1. The van der Waals surface area contributed by atoms with Gasteiger partial charge in [0.25, 0.3) is 0 Å². The van der Waals surface area contributed by atoms with Crippen LogP contribution in [-0.2, 0) is 23.1 Å². The van der Waals surface area contributed by atoms with Crippen molar-refractivity contribution in [2.45, 2.75) is 11.1 Å². The Balaban J connectivity index is 2.28. The van der Waals surface area contributed by atoms with Crippen molar-refractivity contribution in [2.24, 2.45) is 7.05 Å². The van der Waals surface area contributed by atoms with Gasteiger partial charge in [-0.2, -0.15) is 13.2 Å². The van der Waals surface area contributed by atoms with Crippen LogP contribution in [0.3, 0.4) is 0 Å². The lowest BCUT2D eigenvalue weighted by Gasteiger charge is -2.07. The molecule has 2 aromatic heterocycles. The van der Waals surface area contributed by atoms with Crippen molar-refractivity contribution in [1.29, 1.82) is 0 Å². The normalized spacial score (nSPS) is 12.7. The van der Waals surface area contributed by atoms with Crippen LogP contribution in [0.25, 0.3) is 22.6 Å². The van der Waals surface area contributed by atoms with Gasteiger partial charge in [0.1, 0.15) is 11.3 Å². The fourth-order valence-electron chi connectivity index (χ4n) is 2.45. The molecule has 0 fully saturated rings. The molecule has 0 aliphatic heterocycles. The molecule has 0 saturated heterocycles. The second-order valence-electron chi connectivity index (χ2n) is 5.33. The third kappa shape index (κ3) is 2.75. The Morgan fingerprint density at radius 1 is 1.17 bits per heavy atom. The molecule has 0 amide bonds. The largest absolute Gasteiger partial charge is 0.417 e. The Kier molecular flexibility index (Phi) is 3.63. The van der Waals surface area contributed by atoms with Gasteiger partial charge < -0.3 is 4.57 Å². The van der Waals surface area contributed by atoms with Gasteiger partial charge in [-0.25, -0.2) is 18.4 Å². The minimum absolute atomic E-state index is 0.0469. The molecule has 0 radical (unpaired) electrons. The van der Waals surface area contributed by atoms with Gasteiger partial charge in [0.2, 0.25) is 0 Å². The summed E-state index contributed by atoms with van der Waals surface area (Å²) in [6.45, 7) is 0. The average Bonchev–Trinajstić information content (AvgIpc) is 2.82. The molecule has 3 rings (SSSR count). The van der Waals surface area contributed by atoms with Crippen LogP contribution in [0.1, 0.15) is 5.56 Å². The van der Waals surface area contributed by atoms with Crippen LogP contribution in [0.5, 0.6) is 0 Å². The van der Waals surface area contributed by atoms with Gasteiger partial charge in [-0.1, -0.05) is 12.1 Å². The number of nitrogens with zero attached hydrogens (tertiary/aromatic N) is 3. The van der Waals surface area contributed by atoms with Crippen LogP contribution in [0.15, 0.2) is 41.4 Å². The molecule has 0 unspecified atom stereocenters. The Morgan fingerprint density at radius 3 is 2.46 bits per heavy atom. The number of alkyl halides is 3. The topological polar surface area (TPSA) is 64.8 Å². The number of hydrogen-bond acceptors (Lipinski definition) is 4. The van der Waals surface area contributed by atoms with Gasteiger partial charge in [-0.3, -0.25) is 0 Å². The molecule has 0 bridgehead atoms. The fourth-order valence-corrected chi connectivity index (χ4v) is 3.33. The van der Waals surface area contributed by atoms with Crippen LogP contribution in [0.4, 0.5) is 13.2 Å². The molecule has 24 heavy (non-hydrogen) atoms. The van der Waals surface area contributed by atoms with Crippen molar-refractivity contribution in [3.05, 3.63) is 42.1 Å². The first-order valence-electron chi connectivity index (χ1n) is 6.78. The SMILES string of the molecule is Cn1c(-c2ccccc2S(C)(=O)=O)nc2cc(C(F)(F)F)cnc21. The van der Waals surface area contributed by atoms with Crippen molar-refractivity contribution in [3.8, 4) is 11.4 Å². The van der Waals surface area contributed by atoms with Crippen molar-refractivity contribution >= 4 is 21.0 Å².